The van der Waals surface area contributed by atoms with E-state index in [2.05, 4.69) is 0 Å². The van der Waals surface area contributed by atoms with Crippen molar-refractivity contribution < 1.29 is 19.1 Å². The summed E-state index contributed by atoms with van der Waals surface area (Å²) in [5.41, 5.74) is 0. The van der Waals surface area contributed by atoms with E-state index in [9.17, 15) is 14.4 Å². The Morgan fingerprint density at radius 1 is 1.08 bits per heavy atom. The Morgan fingerprint density at radius 2 is 1.67 bits per heavy atom. The fourth-order valence-electron chi connectivity index (χ4n) is 3.12. The van der Waals surface area contributed by atoms with Gasteiger partial charge in [0.25, 0.3) is 0 Å². The van der Waals surface area contributed by atoms with E-state index < -0.39 is 0 Å². The van der Waals surface area contributed by atoms with Gasteiger partial charge in [-0.3, -0.25) is 9.59 Å². The van der Waals surface area contributed by atoms with Gasteiger partial charge in [-0.15, -0.1) is 0 Å². The van der Waals surface area contributed by atoms with Gasteiger partial charge in [-0.2, -0.15) is 0 Å². The molecule has 24 heavy (non-hydrogen) atoms. The van der Waals surface area contributed by atoms with E-state index in [0.29, 0.717) is 45.8 Å². The number of nitrogens with zero attached hydrogens (tertiary/aromatic N) is 3. The zero-order valence-electron chi connectivity index (χ0n) is 15.4. The largest absolute Gasteiger partial charge is 0.450 e. The minimum atomic E-state index is -0.290. The fourth-order valence-corrected chi connectivity index (χ4v) is 3.12. The zero-order valence-corrected chi connectivity index (χ0v) is 15.4. The molecule has 3 amide bonds. The lowest BCUT2D eigenvalue weighted by atomic mass is 10.0. The second-order valence-corrected chi connectivity index (χ2v) is 5.95. The Kier molecular flexibility index (Phi) is 8.57. The summed E-state index contributed by atoms with van der Waals surface area (Å²) in [7, 11) is 0. The Balaban J connectivity index is 2.54. The van der Waals surface area contributed by atoms with Gasteiger partial charge in [0.15, 0.2) is 0 Å². The van der Waals surface area contributed by atoms with Gasteiger partial charge in [0.05, 0.1) is 6.61 Å². The molecule has 0 aromatic rings. The average molecular weight is 341 g/mol. The number of piperidine rings is 1. The van der Waals surface area contributed by atoms with Crippen LogP contribution in [-0.4, -0.2) is 78.0 Å². The van der Waals surface area contributed by atoms with E-state index in [4.69, 9.17) is 4.74 Å². The lowest BCUT2D eigenvalue weighted by molar-refractivity contribution is -0.135. The van der Waals surface area contributed by atoms with E-state index >= 15 is 0 Å². The molecule has 1 aliphatic rings. The van der Waals surface area contributed by atoms with Crippen LogP contribution < -0.4 is 0 Å². The lowest BCUT2D eigenvalue weighted by Gasteiger charge is -2.37. The van der Waals surface area contributed by atoms with Gasteiger partial charge in [-0.25, -0.2) is 4.79 Å². The van der Waals surface area contributed by atoms with Gasteiger partial charge in [-0.1, -0.05) is 0 Å². The molecule has 0 bridgehead atoms. The summed E-state index contributed by atoms with van der Waals surface area (Å²) in [6.45, 7) is 10.6. The van der Waals surface area contributed by atoms with Crippen molar-refractivity contribution in [1.29, 1.82) is 0 Å². The van der Waals surface area contributed by atoms with Crippen molar-refractivity contribution in [2.45, 2.75) is 53.0 Å². The van der Waals surface area contributed by atoms with Gasteiger partial charge >= 0.3 is 6.09 Å². The number of hydrogen-bond donors (Lipinski definition) is 0. The van der Waals surface area contributed by atoms with Crippen LogP contribution in [0.2, 0.25) is 0 Å². The van der Waals surface area contributed by atoms with Gasteiger partial charge in [0, 0.05) is 52.1 Å². The molecule has 0 N–H and O–H groups in total. The molecule has 0 saturated carbocycles. The first-order valence-electron chi connectivity index (χ1n) is 8.91. The summed E-state index contributed by atoms with van der Waals surface area (Å²) in [5, 5.41) is 0. The van der Waals surface area contributed by atoms with Crippen LogP contribution in [0.25, 0.3) is 0 Å². The normalized spacial score (nSPS) is 15.1. The first-order chi connectivity index (χ1) is 11.4. The molecule has 0 radical (unpaired) electrons. The third kappa shape index (κ3) is 5.69. The van der Waals surface area contributed by atoms with Crippen molar-refractivity contribution in [3.8, 4) is 0 Å². The van der Waals surface area contributed by atoms with Crippen LogP contribution in [-0.2, 0) is 14.3 Å². The Labute approximate surface area is 144 Å². The van der Waals surface area contributed by atoms with Gasteiger partial charge in [-0.05, 0) is 33.6 Å². The molecule has 0 aliphatic carbocycles. The van der Waals surface area contributed by atoms with Crippen molar-refractivity contribution in [1.82, 2.24) is 14.7 Å². The van der Waals surface area contributed by atoms with Crippen molar-refractivity contribution in [2.75, 3.05) is 39.3 Å². The molecule has 1 saturated heterocycles. The summed E-state index contributed by atoms with van der Waals surface area (Å²) >= 11 is 0. The van der Waals surface area contributed by atoms with Crippen LogP contribution in [0.1, 0.15) is 47.0 Å². The Morgan fingerprint density at radius 3 is 2.12 bits per heavy atom. The standard InChI is InChI=1S/C17H31N3O4/c1-5-18(6-2)16(22)10-13-20(14(4)21)15-8-11-19(12-9-15)17(23)24-7-3/h15H,5-13H2,1-4H3. The summed E-state index contributed by atoms with van der Waals surface area (Å²) < 4.78 is 5.01. The fraction of sp³-hybridized carbons (Fsp3) is 0.824. The maximum atomic E-state index is 12.1. The maximum absolute atomic E-state index is 12.1. The van der Waals surface area contributed by atoms with Gasteiger partial charge < -0.3 is 19.4 Å². The van der Waals surface area contributed by atoms with E-state index in [1.165, 1.54) is 0 Å². The topological polar surface area (TPSA) is 70.2 Å². The number of carbonyl (C=O) groups excluding carboxylic acids is 3. The molecule has 0 aromatic heterocycles. The second kappa shape index (κ2) is 10.2. The molecule has 0 atom stereocenters. The minimum absolute atomic E-state index is 0.0167. The highest BCUT2D eigenvalue weighted by molar-refractivity contribution is 5.78. The molecule has 0 spiro atoms. The summed E-state index contributed by atoms with van der Waals surface area (Å²) in [5.74, 6) is 0.0622. The number of ether oxygens (including phenoxy) is 1. The van der Waals surface area contributed by atoms with Crippen molar-refractivity contribution in [3.05, 3.63) is 0 Å². The van der Waals surface area contributed by atoms with E-state index in [1.54, 1.807) is 28.5 Å². The number of carbonyl (C=O) groups is 3. The first kappa shape index (κ1) is 20.3. The van der Waals surface area contributed by atoms with Gasteiger partial charge in [0.1, 0.15) is 0 Å². The molecule has 138 valence electrons. The predicted molar refractivity (Wildman–Crippen MR) is 91.5 cm³/mol. The molecule has 1 aliphatic heterocycles. The summed E-state index contributed by atoms with van der Waals surface area (Å²) in [4.78, 5) is 41.1. The highest BCUT2D eigenvalue weighted by Crippen LogP contribution is 2.18. The minimum Gasteiger partial charge on any atom is -0.450 e. The molecule has 0 aromatic carbocycles. The zero-order chi connectivity index (χ0) is 18.1. The molecule has 1 rings (SSSR count). The summed E-state index contributed by atoms with van der Waals surface area (Å²) in [6, 6.07) is 0.0812. The van der Waals surface area contributed by atoms with Crippen molar-refractivity contribution >= 4 is 17.9 Å². The molecule has 1 fully saturated rings. The third-order valence-corrected chi connectivity index (χ3v) is 4.52. The SMILES string of the molecule is CCOC(=O)N1CCC(N(CCC(=O)N(CC)CC)C(C)=O)CC1. The van der Waals surface area contributed by atoms with E-state index in [0.717, 1.165) is 12.8 Å². The number of likely N-dealkylation sites (tertiary alicyclic amines) is 1. The van der Waals surface area contributed by atoms with Crippen LogP contribution in [0.15, 0.2) is 0 Å². The van der Waals surface area contributed by atoms with E-state index in [1.807, 2.05) is 13.8 Å². The Hall–Kier alpha value is -1.79. The number of rotatable bonds is 7. The molecule has 0 unspecified atom stereocenters. The van der Waals surface area contributed by atoms with Crippen molar-refractivity contribution in [3.63, 3.8) is 0 Å². The monoisotopic (exact) mass is 341 g/mol. The van der Waals surface area contributed by atoms with Crippen LogP contribution >= 0.6 is 0 Å². The van der Waals surface area contributed by atoms with Crippen LogP contribution in [0.4, 0.5) is 4.79 Å². The smallest absolute Gasteiger partial charge is 0.409 e. The molecular weight excluding hydrogens is 310 g/mol. The first-order valence-corrected chi connectivity index (χ1v) is 8.91. The lowest BCUT2D eigenvalue weighted by Crippen LogP contribution is -2.49. The third-order valence-electron chi connectivity index (χ3n) is 4.52. The highest BCUT2D eigenvalue weighted by atomic mass is 16.6. The van der Waals surface area contributed by atoms with Crippen LogP contribution in [0, 0.1) is 0 Å². The number of hydrogen-bond acceptors (Lipinski definition) is 4. The Bertz CT molecular complexity index is 430. The van der Waals surface area contributed by atoms with E-state index in [-0.39, 0.29) is 23.9 Å². The van der Waals surface area contributed by atoms with Crippen molar-refractivity contribution in [2.24, 2.45) is 0 Å². The second-order valence-electron chi connectivity index (χ2n) is 5.95. The molecule has 7 heteroatoms. The molecule has 1 heterocycles. The maximum Gasteiger partial charge on any atom is 0.409 e. The number of amides is 3. The van der Waals surface area contributed by atoms with Gasteiger partial charge in [0.2, 0.25) is 11.8 Å². The highest BCUT2D eigenvalue weighted by Gasteiger charge is 2.29. The average Bonchev–Trinajstić information content (AvgIpc) is 2.56. The van der Waals surface area contributed by atoms with Crippen LogP contribution in [0.5, 0.6) is 0 Å². The van der Waals surface area contributed by atoms with Crippen LogP contribution in [0.3, 0.4) is 0 Å². The molecule has 7 nitrogen and oxygen atoms in total. The summed E-state index contributed by atoms with van der Waals surface area (Å²) in [6.07, 6.45) is 1.50. The predicted octanol–water partition coefficient (Wildman–Crippen LogP) is 1.71. The quantitative estimate of drug-likeness (QED) is 0.707. The molecular formula is C17H31N3O4.